The molecule has 0 aliphatic carbocycles. The third-order valence-electron chi connectivity index (χ3n) is 1.57. The molecule has 0 unspecified atom stereocenters. The first-order valence-electron chi connectivity index (χ1n) is 3.79. The van der Waals surface area contributed by atoms with E-state index in [2.05, 4.69) is 11.8 Å². The van der Waals surface area contributed by atoms with E-state index in [9.17, 15) is 4.39 Å². The molecule has 0 radical (unpaired) electrons. The van der Waals surface area contributed by atoms with E-state index in [1.165, 1.54) is 6.07 Å². The van der Waals surface area contributed by atoms with Crippen LogP contribution in [0, 0.1) is 24.6 Å². The van der Waals surface area contributed by atoms with Gasteiger partial charge in [-0.25, -0.2) is 4.39 Å². The van der Waals surface area contributed by atoms with E-state index in [0.29, 0.717) is 16.1 Å². The highest BCUT2D eigenvalue weighted by Gasteiger charge is 2.02. The number of halogens is 2. The molecule has 1 aromatic rings. The molecule has 0 aliphatic rings. The summed E-state index contributed by atoms with van der Waals surface area (Å²) < 4.78 is 13.0. The number of nitrogens with two attached hydrogens (primary N) is 1. The van der Waals surface area contributed by atoms with Crippen molar-refractivity contribution in [3.05, 3.63) is 34.1 Å². The van der Waals surface area contributed by atoms with E-state index < -0.39 is 0 Å². The van der Waals surface area contributed by atoms with Crippen LogP contribution in [-0.2, 0) is 0 Å². The first kappa shape index (κ1) is 10.0. The zero-order valence-electron chi connectivity index (χ0n) is 7.20. The largest absolute Gasteiger partial charge is 0.320 e. The highest BCUT2D eigenvalue weighted by Crippen LogP contribution is 2.19. The van der Waals surface area contributed by atoms with Crippen molar-refractivity contribution in [2.45, 2.75) is 6.92 Å². The first-order chi connectivity index (χ1) is 6.15. The molecular formula is C10H9ClFN. The van der Waals surface area contributed by atoms with Gasteiger partial charge in [-0.1, -0.05) is 23.4 Å². The van der Waals surface area contributed by atoms with Crippen LogP contribution in [0.15, 0.2) is 12.1 Å². The molecule has 0 bridgehead atoms. The van der Waals surface area contributed by atoms with E-state index in [1.54, 1.807) is 13.0 Å². The van der Waals surface area contributed by atoms with Gasteiger partial charge in [-0.05, 0) is 24.6 Å². The zero-order chi connectivity index (χ0) is 9.84. The van der Waals surface area contributed by atoms with Crippen LogP contribution in [0.1, 0.15) is 11.1 Å². The van der Waals surface area contributed by atoms with Gasteiger partial charge >= 0.3 is 0 Å². The van der Waals surface area contributed by atoms with Crippen molar-refractivity contribution in [1.82, 2.24) is 0 Å². The first-order valence-corrected chi connectivity index (χ1v) is 4.17. The molecule has 1 rings (SSSR count). The number of rotatable bonds is 0. The molecule has 0 atom stereocenters. The molecule has 13 heavy (non-hydrogen) atoms. The lowest BCUT2D eigenvalue weighted by molar-refractivity contribution is 0.618. The molecule has 0 aromatic heterocycles. The lowest BCUT2D eigenvalue weighted by atomic mass is 10.1. The zero-order valence-corrected chi connectivity index (χ0v) is 7.95. The number of aryl methyl sites for hydroxylation is 1. The Labute approximate surface area is 81.7 Å². The lowest BCUT2D eigenvalue weighted by Gasteiger charge is -1.99. The Balaban J connectivity index is 3.16. The van der Waals surface area contributed by atoms with Crippen molar-refractivity contribution in [2.75, 3.05) is 6.54 Å². The predicted molar refractivity (Wildman–Crippen MR) is 52.1 cm³/mol. The molecule has 0 amide bonds. The summed E-state index contributed by atoms with van der Waals surface area (Å²) in [6.45, 7) is 1.90. The fourth-order valence-electron chi connectivity index (χ4n) is 0.888. The SMILES string of the molecule is Cc1cc(Cl)c(C#CCN)cc1F. The maximum atomic E-state index is 13.0. The molecule has 68 valence electrons. The third kappa shape index (κ3) is 2.45. The summed E-state index contributed by atoms with van der Waals surface area (Å²) in [7, 11) is 0. The summed E-state index contributed by atoms with van der Waals surface area (Å²) >= 11 is 5.83. The highest BCUT2D eigenvalue weighted by atomic mass is 35.5. The fourth-order valence-corrected chi connectivity index (χ4v) is 1.15. The normalized spacial score (nSPS) is 9.23. The monoisotopic (exact) mass is 197 g/mol. The van der Waals surface area contributed by atoms with Crippen LogP contribution in [0.5, 0.6) is 0 Å². The molecule has 0 saturated carbocycles. The van der Waals surface area contributed by atoms with Gasteiger partial charge in [-0.15, -0.1) is 0 Å². The van der Waals surface area contributed by atoms with Gasteiger partial charge < -0.3 is 5.73 Å². The van der Waals surface area contributed by atoms with Gasteiger partial charge in [0.2, 0.25) is 0 Å². The van der Waals surface area contributed by atoms with E-state index >= 15 is 0 Å². The van der Waals surface area contributed by atoms with Crippen molar-refractivity contribution in [1.29, 1.82) is 0 Å². The van der Waals surface area contributed by atoms with Crippen molar-refractivity contribution in [3.8, 4) is 11.8 Å². The summed E-state index contributed by atoms with van der Waals surface area (Å²) in [4.78, 5) is 0. The summed E-state index contributed by atoms with van der Waals surface area (Å²) in [5.41, 5.74) is 6.18. The van der Waals surface area contributed by atoms with Crippen LogP contribution in [0.3, 0.4) is 0 Å². The molecule has 0 saturated heterocycles. The van der Waals surface area contributed by atoms with Crippen LogP contribution >= 0.6 is 11.6 Å². The van der Waals surface area contributed by atoms with Gasteiger partial charge in [0.05, 0.1) is 11.6 Å². The van der Waals surface area contributed by atoms with Gasteiger partial charge in [0.15, 0.2) is 0 Å². The molecule has 1 aromatic carbocycles. The summed E-state index contributed by atoms with van der Waals surface area (Å²) in [6, 6.07) is 2.87. The van der Waals surface area contributed by atoms with Crippen molar-refractivity contribution < 1.29 is 4.39 Å². The molecule has 0 aliphatic heterocycles. The maximum Gasteiger partial charge on any atom is 0.127 e. The van der Waals surface area contributed by atoms with E-state index in [-0.39, 0.29) is 12.4 Å². The Morgan fingerprint density at radius 2 is 2.23 bits per heavy atom. The average molecular weight is 198 g/mol. The molecule has 1 nitrogen and oxygen atoms in total. The van der Waals surface area contributed by atoms with Gasteiger partial charge in [0.1, 0.15) is 5.82 Å². The van der Waals surface area contributed by atoms with E-state index in [4.69, 9.17) is 17.3 Å². The highest BCUT2D eigenvalue weighted by molar-refractivity contribution is 6.31. The van der Waals surface area contributed by atoms with Crippen LogP contribution < -0.4 is 5.73 Å². The van der Waals surface area contributed by atoms with Gasteiger partial charge in [-0.2, -0.15) is 0 Å². The predicted octanol–water partition coefficient (Wildman–Crippen LogP) is 2.10. The Morgan fingerprint density at radius 1 is 1.54 bits per heavy atom. The second kappa shape index (κ2) is 4.27. The maximum absolute atomic E-state index is 13.0. The molecule has 3 heteroatoms. The summed E-state index contributed by atoms with van der Waals surface area (Å²) in [5, 5.41) is 0.458. The van der Waals surface area contributed by atoms with Crippen LogP contribution in [0.25, 0.3) is 0 Å². The summed E-state index contributed by atoms with van der Waals surface area (Å²) in [6.07, 6.45) is 0. The molecule has 2 N–H and O–H groups in total. The molecule has 0 fully saturated rings. The number of hydrogen-bond acceptors (Lipinski definition) is 1. The van der Waals surface area contributed by atoms with E-state index in [0.717, 1.165) is 0 Å². The Kier molecular flexibility index (Phi) is 3.30. The fraction of sp³-hybridized carbons (Fsp3) is 0.200. The van der Waals surface area contributed by atoms with Crippen molar-refractivity contribution in [3.63, 3.8) is 0 Å². The lowest BCUT2D eigenvalue weighted by Crippen LogP contribution is -1.93. The quantitative estimate of drug-likeness (QED) is 0.634. The van der Waals surface area contributed by atoms with Crippen LogP contribution in [-0.4, -0.2) is 6.54 Å². The Hall–Kier alpha value is -1.04. The second-order valence-corrected chi connectivity index (χ2v) is 2.99. The Bertz CT molecular complexity index is 376. The summed E-state index contributed by atoms with van der Waals surface area (Å²) in [5.74, 6) is 5.01. The van der Waals surface area contributed by atoms with Gasteiger partial charge in [0.25, 0.3) is 0 Å². The second-order valence-electron chi connectivity index (χ2n) is 2.59. The third-order valence-corrected chi connectivity index (χ3v) is 1.89. The topological polar surface area (TPSA) is 26.0 Å². The van der Waals surface area contributed by atoms with Crippen molar-refractivity contribution >= 4 is 11.6 Å². The molecule has 0 heterocycles. The minimum atomic E-state index is -0.300. The van der Waals surface area contributed by atoms with Crippen LogP contribution in [0.2, 0.25) is 5.02 Å². The van der Waals surface area contributed by atoms with Gasteiger partial charge in [-0.3, -0.25) is 0 Å². The average Bonchev–Trinajstić information content (AvgIpc) is 2.09. The molecule has 0 spiro atoms. The van der Waals surface area contributed by atoms with Crippen molar-refractivity contribution in [2.24, 2.45) is 5.73 Å². The minimum Gasteiger partial charge on any atom is -0.320 e. The Morgan fingerprint density at radius 3 is 2.85 bits per heavy atom. The minimum absolute atomic E-state index is 0.242. The smallest absolute Gasteiger partial charge is 0.127 e. The van der Waals surface area contributed by atoms with Crippen LogP contribution in [0.4, 0.5) is 4.39 Å². The standard InChI is InChI=1S/C10H9ClFN/c1-7-5-9(11)8(3-2-4-13)6-10(7)12/h5-6H,4,13H2,1H3. The number of hydrogen-bond donors (Lipinski definition) is 1. The number of benzene rings is 1. The molecular weight excluding hydrogens is 189 g/mol. The van der Waals surface area contributed by atoms with Gasteiger partial charge in [0, 0.05) is 5.56 Å². The van der Waals surface area contributed by atoms with E-state index in [1.807, 2.05) is 0 Å².